The van der Waals surface area contributed by atoms with Gasteiger partial charge in [-0.2, -0.15) is 8.42 Å². The van der Waals surface area contributed by atoms with Crippen LogP contribution in [0.5, 0.6) is 0 Å². The predicted molar refractivity (Wildman–Crippen MR) is 213 cm³/mol. The Morgan fingerprint density at radius 1 is 0.917 bits per heavy atom. The van der Waals surface area contributed by atoms with Crippen LogP contribution in [0.3, 0.4) is 0 Å². The van der Waals surface area contributed by atoms with E-state index < -0.39 is 69.9 Å². The molecule has 1 aliphatic carbocycles. The Hall–Kier alpha value is -5.16. The normalized spacial score (nSPS) is 11.8. The summed E-state index contributed by atoms with van der Waals surface area (Å²) in [5.74, 6) is -2.99. The maximum Gasteiger partial charge on any atom is 1.00 e. The topological polar surface area (TPSA) is 296 Å². The van der Waals surface area contributed by atoms with E-state index in [4.69, 9.17) is 20.4 Å². The number of nitrogens with two attached hydrogens (primary N) is 1. The second kappa shape index (κ2) is 19.0. The van der Waals surface area contributed by atoms with Gasteiger partial charge in [0.25, 0.3) is 16.0 Å². The van der Waals surface area contributed by atoms with Gasteiger partial charge in [-0.3, -0.25) is 24.4 Å². The van der Waals surface area contributed by atoms with Gasteiger partial charge in [0, 0.05) is 66.4 Å². The summed E-state index contributed by atoms with van der Waals surface area (Å²) in [5.41, 5.74) is 8.13. The molecule has 0 bridgehead atoms. The third-order valence-electron chi connectivity index (χ3n) is 9.57. The summed E-state index contributed by atoms with van der Waals surface area (Å²) in [6, 6.07) is 18.0. The van der Waals surface area contributed by atoms with Crippen molar-refractivity contribution in [1.82, 2.24) is 20.7 Å². The molecular formula is C39H39N6NaO12S2. The van der Waals surface area contributed by atoms with Gasteiger partial charge >= 0.3 is 35.5 Å². The zero-order valence-corrected chi connectivity index (χ0v) is 36.0. The maximum absolute atomic E-state index is 13.2. The number of rotatable bonds is 17. The van der Waals surface area contributed by atoms with Crippen molar-refractivity contribution >= 4 is 65.6 Å². The number of para-hydroxylation sites is 1. The van der Waals surface area contributed by atoms with Gasteiger partial charge < -0.3 is 35.0 Å². The Labute approximate surface area is 365 Å². The minimum absolute atomic E-state index is 0. The second-order valence-electron chi connectivity index (χ2n) is 13.4. The van der Waals surface area contributed by atoms with E-state index in [1.165, 1.54) is 24.3 Å². The molecule has 0 atom stereocenters. The molecule has 2 aliphatic rings. The molecular weight excluding hydrogens is 832 g/mol. The molecule has 2 amide bonds. The number of aromatic carboxylic acids is 1. The molecule has 3 aromatic carbocycles. The van der Waals surface area contributed by atoms with Gasteiger partial charge in [0.2, 0.25) is 5.91 Å². The minimum Gasteiger partial charge on any atom is -0.744 e. The van der Waals surface area contributed by atoms with E-state index in [0.29, 0.717) is 39.0 Å². The molecule has 0 saturated heterocycles. The molecule has 4 aromatic rings. The van der Waals surface area contributed by atoms with E-state index in [9.17, 15) is 45.4 Å². The number of nitrogens with zero attached hydrogens (tertiary/aromatic N) is 1. The van der Waals surface area contributed by atoms with Crippen molar-refractivity contribution in [3.8, 4) is 22.5 Å². The molecule has 21 heteroatoms. The molecule has 60 heavy (non-hydrogen) atoms. The van der Waals surface area contributed by atoms with E-state index in [2.05, 4.69) is 20.7 Å². The molecule has 2 heterocycles. The van der Waals surface area contributed by atoms with Crippen LogP contribution in [-0.4, -0.2) is 73.5 Å². The van der Waals surface area contributed by atoms with Crippen LogP contribution in [0.25, 0.3) is 44.3 Å². The Morgan fingerprint density at radius 3 is 2.30 bits per heavy atom. The first-order valence-electron chi connectivity index (χ1n) is 18.1. The number of hydroxylamine groups is 1. The van der Waals surface area contributed by atoms with Crippen LogP contribution in [-0.2, 0) is 43.0 Å². The summed E-state index contributed by atoms with van der Waals surface area (Å²) in [6.07, 6.45) is 2.10. The Bertz CT molecular complexity index is 2880. The Morgan fingerprint density at radius 2 is 1.62 bits per heavy atom. The summed E-state index contributed by atoms with van der Waals surface area (Å²) in [5, 5.41) is 24.2. The summed E-state index contributed by atoms with van der Waals surface area (Å²) in [4.78, 5) is 41.7. The number of aromatic nitrogens is 1. The monoisotopic (exact) mass is 870 g/mol. The quantitative estimate of drug-likeness (QED) is 0.0167. The van der Waals surface area contributed by atoms with Gasteiger partial charge in [-0.1, -0.05) is 24.3 Å². The number of carbonyl (C=O) groups is 3. The molecule has 0 spiro atoms. The average Bonchev–Trinajstić information content (AvgIpc) is 3.53. The van der Waals surface area contributed by atoms with Crippen molar-refractivity contribution in [2.45, 2.75) is 48.6 Å². The number of hydrogen-bond donors (Lipinski definition) is 7. The van der Waals surface area contributed by atoms with Crippen molar-refractivity contribution in [3.05, 3.63) is 95.0 Å². The fraction of sp³-hybridized carbons (Fsp3) is 0.231. The first-order chi connectivity index (χ1) is 28.0. The number of unbranched alkanes of at least 4 members (excludes halogenated alkanes) is 2. The Kier molecular flexibility index (Phi) is 14.6. The smallest absolute Gasteiger partial charge is 0.744 e. The number of carboxylic acid groups (broad SMARTS) is 1. The summed E-state index contributed by atoms with van der Waals surface area (Å²) < 4.78 is 79.6. The molecule has 6 rings (SSSR count). The van der Waals surface area contributed by atoms with Gasteiger partial charge in [-0.25, -0.2) is 18.7 Å². The summed E-state index contributed by atoms with van der Waals surface area (Å²) in [6.45, 7) is 1.46. The van der Waals surface area contributed by atoms with Crippen LogP contribution in [0.15, 0.2) is 87.0 Å². The predicted octanol–water partition coefficient (Wildman–Crippen LogP) is 0.832. The SMILES string of the molecule is CNOCc1cc2ccccc2n1CCC(=O)NCCCCCNC(=O)c1ccc(-c2c3ccc(=N)c(S(=O)(=O)O)c-3oc3c(S(=O)(=O)[O-])c(N)ccc23)c(C(=O)O)c1.[Na+]. The number of amides is 2. The number of aryl methyl sites for hydroxylation is 1. The average molecular weight is 871 g/mol. The summed E-state index contributed by atoms with van der Waals surface area (Å²) in [7, 11) is -8.92. The molecule has 0 radical (unpaired) electrons. The van der Waals surface area contributed by atoms with Crippen molar-refractivity contribution < 1.29 is 84.2 Å². The molecule has 0 fully saturated rings. The number of carboxylic acids is 1. The van der Waals surface area contributed by atoms with Crippen LogP contribution < -0.4 is 56.8 Å². The molecule has 0 saturated carbocycles. The van der Waals surface area contributed by atoms with Gasteiger partial charge in [-0.15, -0.1) is 0 Å². The standard InChI is InChI=1S/C39H40N6O12S2.Na/c1-42-56-21-24-19-22-7-3-4-8-31(22)45(24)18-15-32(46)43-16-5-2-6-17-44-38(47)23-9-10-25(28(20-23)39(48)49)33-26-11-13-29(40)36(58(50,51)52)34(26)57-35-27(33)12-14-30(41)37(35)59(53,54)55;/h3-4,7-14,19-20,40,42H,2,5-6,15-18,21,41H2,1H3,(H,43,46)(H,44,47)(H,48,49)(H,50,51,52)(H,53,54,55);/q;+1/p-1. The van der Waals surface area contributed by atoms with Crippen LogP contribution in [0.4, 0.5) is 5.69 Å². The van der Waals surface area contributed by atoms with Gasteiger partial charge in [0.1, 0.15) is 21.6 Å². The first kappa shape index (κ1) is 45.9. The Balaban J connectivity index is 0.00000683. The van der Waals surface area contributed by atoms with Crippen molar-refractivity contribution in [1.29, 1.82) is 5.41 Å². The molecule has 18 nitrogen and oxygen atoms in total. The fourth-order valence-electron chi connectivity index (χ4n) is 6.93. The number of benzene rings is 4. The van der Waals surface area contributed by atoms with E-state index in [-0.39, 0.29) is 76.1 Å². The van der Waals surface area contributed by atoms with Gasteiger partial charge in [-0.05, 0) is 78.7 Å². The fourth-order valence-corrected chi connectivity index (χ4v) is 8.39. The van der Waals surface area contributed by atoms with E-state index in [1.807, 2.05) is 30.3 Å². The van der Waals surface area contributed by atoms with Crippen LogP contribution in [0, 0.1) is 5.41 Å². The molecule has 1 aromatic heterocycles. The maximum atomic E-state index is 13.2. The van der Waals surface area contributed by atoms with Crippen molar-refractivity contribution in [2.75, 3.05) is 25.9 Å². The van der Waals surface area contributed by atoms with Crippen molar-refractivity contribution in [2.24, 2.45) is 0 Å². The first-order valence-corrected chi connectivity index (χ1v) is 20.9. The summed E-state index contributed by atoms with van der Waals surface area (Å²) >= 11 is 0. The largest absolute Gasteiger partial charge is 1.00 e. The van der Waals surface area contributed by atoms with E-state index in [0.717, 1.165) is 34.8 Å². The molecule has 0 unspecified atom stereocenters. The minimum atomic E-state index is -5.39. The van der Waals surface area contributed by atoms with Crippen LogP contribution in [0.1, 0.15) is 52.1 Å². The molecule has 8 N–H and O–H groups in total. The zero-order chi connectivity index (χ0) is 42.6. The number of fused-ring (bicyclic) bond motifs is 3. The zero-order valence-electron chi connectivity index (χ0n) is 32.4. The number of hydrogen-bond acceptors (Lipinski definition) is 13. The molecule has 310 valence electrons. The second-order valence-corrected chi connectivity index (χ2v) is 16.1. The van der Waals surface area contributed by atoms with Gasteiger partial charge in [0.15, 0.2) is 16.2 Å². The number of nitrogens with one attached hydrogen (secondary N) is 4. The third kappa shape index (κ3) is 9.89. The van der Waals surface area contributed by atoms with Crippen molar-refractivity contribution in [3.63, 3.8) is 0 Å². The molecule has 1 aliphatic heterocycles. The van der Waals surface area contributed by atoms with E-state index in [1.54, 1.807) is 7.05 Å². The van der Waals surface area contributed by atoms with E-state index >= 15 is 0 Å². The number of anilines is 1. The number of carbonyl (C=O) groups excluding carboxylic acids is 2. The van der Waals surface area contributed by atoms with Crippen LogP contribution >= 0.6 is 0 Å². The third-order valence-corrected chi connectivity index (χ3v) is 11.4. The van der Waals surface area contributed by atoms with Crippen LogP contribution in [0.2, 0.25) is 0 Å². The van der Waals surface area contributed by atoms with Gasteiger partial charge in [0.05, 0.1) is 16.6 Å². The number of nitrogen functional groups attached to an aromatic ring is 1.